The van der Waals surface area contributed by atoms with Crippen LogP contribution in [0.25, 0.3) is 10.1 Å². The molecule has 0 amide bonds. The lowest BCUT2D eigenvalue weighted by Crippen LogP contribution is -2.37. The number of rotatable bonds is 3. The average Bonchev–Trinajstić information content (AvgIpc) is 2.65. The molecule has 0 aliphatic heterocycles. The van der Waals surface area contributed by atoms with E-state index in [9.17, 15) is 4.79 Å². The third-order valence-corrected chi connectivity index (χ3v) is 3.22. The Morgan fingerprint density at radius 1 is 1.38 bits per heavy atom. The van der Waals surface area contributed by atoms with E-state index < -0.39 is 11.6 Å². The maximum Gasteiger partial charge on any atom is 0.347 e. The summed E-state index contributed by atoms with van der Waals surface area (Å²) in [5, 5.41) is 11.9. The molecule has 1 heterocycles. The summed E-state index contributed by atoms with van der Waals surface area (Å²) in [6.45, 7) is 3.08. The Morgan fingerprint density at radius 2 is 2.12 bits per heavy atom. The van der Waals surface area contributed by atoms with Gasteiger partial charge in [-0.05, 0) is 37.4 Å². The number of benzene rings is 1. The fraction of sp³-hybridized carbons (Fsp3) is 0.250. The summed E-state index contributed by atoms with van der Waals surface area (Å²) >= 11 is 1.61. The van der Waals surface area contributed by atoms with Crippen molar-refractivity contribution in [2.75, 3.05) is 0 Å². The van der Waals surface area contributed by atoms with Crippen LogP contribution in [0.4, 0.5) is 0 Å². The van der Waals surface area contributed by atoms with Crippen LogP contribution in [0.2, 0.25) is 0 Å². The van der Waals surface area contributed by atoms with Gasteiger partial charge < -0.3 is 9.84 Å². The summed E-state index contributed by atoms with van der Waals surface area (Å²) in [5.41, 5.74) is -1.21. The molecule has 0 atom stereocenters. The van der Waals surface area contributed by atoms with E-state index in [4.69, 9.17) is 9.84 Å². The van der Waals surface area contributed by atoms with Gasteiger partial charge in [0.25, 0.3) is 0 Å². The van der Waals surface area contributed by atoms with Crippen molar-refractivity contribution >= 4 is 27.4 Å². The van der Waals surface area contributed by atoms with Gasteiger partial charge in [0, 0.05) is 10.1 Å². The molecule has 0 radical (unpaired) electrons. The maximum absolute atomic E-state index is 11.0. The minimum Gasteiger partial charge on any atom is -0.478 e. The van der Waals surface area contributed by atoms with E-state index in [2.05, 4.69) is 0 Å². The molecule has 4 heteroatoms. The monoisotopic (exact) mass is 236 g/mol. The molecular weight excluding hydrogens is 224 g/mol. The number of carboxylic acids is 1. The number of carboxylic acid groups (broad SMARTS) is 1. The lowest BCUT2D eigenvalue weighted by atomic mass is 10.1. The van der Waals surface area contributed by atoms with E-state index in [0.717, 1.165) is 10.1 Å². The van der Waals surface area contributed by atoms with Gasteiger partial charge in [0.05, 0.1) is 0 Å². The molecule has 2 aromatic rings. The van der Waals surface area contributed by atoms with Crippen LogP contribution < -0.4 is 4.74 Å². The standard InChI is InChI=1S/C12H12O3S/c1-12(2,11(13)14)15-9-4-3-5-10-8(9)6-7-16-10/h3-7H,1-2H3,(H,13,14). The fourth-order valence-corrected chi connectivity index (χ4v) is 2.18. The molecule has 0 aliphatic rings. The van der Waals surface area contributed by atoms with Crippen LogP contribution in [0.15, 0.2) is 29.6 Å². The molecule has 0 spiro atoms. The predicted molar refractivity (Wildman–Crippen MR) is 64.2 cm³/mol. The average molecular weight is 236 g/mol. The molecule has 0 unspecified atom stereocenters. The van der Waals surface area contributed by atoms with E-state index in [1.54, 1.807) is 31.3 Å². The lowest BCUT2D eigenvalue weighted by Gasteiger charge is -2.21. The third-order valence-electron chi connectivity index (χ3n) is 2.34. The highest BCUT2D eigenvalue weighted by molar-refractivity contribution is 7.17. The minimum absolute atomic E-state index is 0.617. The molecule has 16 heavy (non-hydrogen) atoms. The number of aliphatic carboxylic acids is 1. The topological polar surface area (TPSA) is 46.5 Å². The molecule has 2 rings (SSSR count). The van der Waals surface area contributed by atoms with Crippen molar-refractivity contribution in [3.05, 3.63) is 29.6 Å². The molecule has 0 saturated carbocycles. The Bertz CT molecular complexity index is 528. The van der Waals surface area contributed by atoms with Crippen LogP contribution >= 0.6 is 11.3 Å². The first kappa shape index (κ1) is 11.0. The first-order valence-corrected chi connectivity index (χ1v) is 5.77. The molecule has 1 aromatic heterocycles. The van der Waals surface area contributed by atoms with Crippen LogP contribution in [0.1, 0.15) is 13.8 Å². The molecule has 0 aliphatic carbocycles. The van der Waals surface area contributed by atoms with Crippen molar-refractivity contribution in [2.24, 2.45) is 0 Å². The molecule has 3 nitrogen and oxygen atoms in total. The van der Waals surface area contributed by atoms with Crippen molar-refractivity contribution in [1.82, 2.24) is 0 Å². The zero-order valence-corrected chi connectivity index (χ0v) is 9.88. The second-order valence-electron chi connectivity index (χ2n) is 4.01. The van der Waals surface area contributed by atoms with Crippen LogP contribution in [-0.4, -0.2) is 16.7 Å². The molecule has 0 saturated heterocycles. The van der Waals surface area contributed by atoms with Crippen LogP contribution in [0, 0.1) is 0 Å². The second kappa shape index (κ2) is 3.79. The summed E-state index contributed by atoms with van der Waals surface area (Å²) in [7, 11) is 0. The summed E-state index contributed by atoms with van der Waals surface area (Å²) in [5.74, 6) is -0.356. The first-order chi connectivity index (χ1) is 7.50. The Labute approximate surface area is 97.3 Å². The van der Waals surface area contributed by atoms with E-state index in [1.807, 2.05) is 23.6 Å². The Hall–Kier alpha value is -1.55. The van der Waals surface area contributed by atoms with Crippen molar-refractivity contribution in [3.63, 3.8) is 0 Å². The SMILES string of the molecule is CC(C)(Oc1cccc2sccc12)C(=O)O. The van der Waals surface area contributed by atoms with Crippen molar-refractivity contribution in [1.29, 1.82) is 0 Å². The highest BCUT2D eigenvalue weighted by Gasteiger charge is 2.29. The van der Waals surface area contributed by atoms with Crippen LogP contribution in [-0.2, 0) is 4.79 Å². The molecule has 1 N–H and O–H groups in total. The van der Waals surface area contributed by atoms with E-state index in [0.29, 0.717) is 5.75 Å². The highest BCUT2D eigenvalue weighted by Crippen LogP contribution is 2.31. The summed E-state index contributed by atoms with van der Waals surface area (Å²) in [6.07, 6.45) is 0. The van der Waals surface area contributed by atoms with Gasteiger partial charge in [-0.3, -0.25) is 0 Å². The maximum atomic E-state index is 11.0. The smallest absolute Gasteiger partial charge is 0.347 e. The zero-order chi connectivity index (χ0) is 11.8. The number of ether oxygens (including phenoxy) is 1. The molecular formula is C12H12O3S. The van der Waals surface area contributed by atoms with Gasteiger partial charge in [-0.25, -0.2) is 4.79 Å². The quantitative estimate of drug-likeness (QED) is 0.890. The Kier molecular flexibility index (Phi) is 2.59. The van der Waals surface area contributed by atoms with Gasteiger partial charge in [0.1, 0.15) is 5.75 Å². The number of thiophene rings is 1. The zero-order valence-electron chi connectivity index (χ0n) is 9.06. The van der Waals surface area contributed by atoms with Crippen molar-refractivity contribution < 1.29 is 14.6 Å². The molecule has 0 bridgehead atoms. The van der Waals surface area contributed by atoms with Crippen LogP contribution in [0.5, 0.6) is 5.75 Å². The van der Waals surface area contributed by atoms with E-state index >= 15 is 0 Å². The third kappa shape index (κ3) is 1.88. The normalized spacial score (nSPS) is 11.6. The molecule has 84 valence electrons. The predicted octanol–water partition coefficient (Wildman–Crippen LogP) is 3.14. The van der Waals surface area contributed by atoms with Crippen molar-refractivity contribution in [2.45, 2.75) is 19.4 Å². The number of carbonyl (C=O) groups is 1. The van der Waals surface area contributed by atoms with Gasteiger partial charge in [-0.15, -0.1) is 11.3 Å². The van der Waals surface area contributed by atoms with Gasteiger partial charge >= 0.3 is 5.97 Å². The van der Waals surface area contributed by atoms with Gasteiger partial charge in [0.15, 0.2) is 5.60 Å². The van der Waals surface area contributed by atoms with E-state index in [1.165, 1.54) is 0 Å². The highest BCUT2D eigenvalue weighted by atomic mass is 32.1. The summed E-state index contributed by atoms with van der Waals surface area (Å²) in [4.78, 5) is 11.0. The first-order valence-electron chi connectivity index (χ1n) is 4.89. The Morgan fingerprint density at radius 3 is 2.81 bits per heavy atom. The largest absolute Gasteiger partial charge is 0.478 e. The summed E-state index contributed by atoms with van der Waals surface area (Å²) in [6, 6.07) is 7.58. The molecule has 0 fully saturated rings. The van der Waals surface area contributed by atoms with E-state index in [-0.39, 0.29) is 0 Å². The minimum atomic E-state index is -1.21. The lowest BCUT2D eigenvalue weighted by molar-refractivity contribution is -0.152. The molecule has 1 aromatic carbocycles. The number of fused-ring (bicyclic) bond motifs is 1. The summed E-state index contributed by atoms with van der Waals surface area (Å²) < 4.78 is 6.64. The van der Waals surface area contributed by atoms with Gasteiger partial charge in [-0.1, -0.05) is 6.07 Å². The van der Waals surface area contributed by atoms with Gasteiger partial charge in [0.2, 0.25) is 0 Å². The van der Waals surface area contributed by atoms with Gasteiger partial charge in [-0.2, -0.15) is 0 Å². The van der Waals surface area contributed by atoms with Crippen molar-refractivity contribution in [3.8, 4) is 5.75 Å². The van der Waals surface area contributed by atoms with Crippen LogP contribution in [0.3, 0.4) is 0 Å². The number of hydrogen-bond donors (Lipinski definition) is 1. The fourth-order valence-electron chi connectivity index (χ4n) is 1.37. The second-order valence-corrected chi connectivity index (χ2v) is 4.95. The Balaban J connectivity index is 2.41. The number of hydrogen-bond acceptors (Lipinski definition) is 3.